The first-order chi connectivity index (χ1) is 10.1. The maximum atomic E-state index is 11.8. The fourth-order valence-corrected chi connectivity index (χ4v) is 3.99. The molecule has 0 aliphatic rings. The summed E-state index contributed by atoms with van der Waals surface area (Å²) in [6, 6.07) is 0. The van der Waals surface area contributed by atoms with E-state index in [0.717, 1.165) is 34.6 Å². The first-order valence-electron chi connectivity index (χ1n) is 7.23. The lowest BCUT2D eigenvalue weighted by Crippen LogP contribution is -2.26. The molecular weight excluding hydrogens is 302 g/mol. The van der Waals surface area contributed by atoms with Crippen molar-refractivity contribution in [3.05, 3.63) is 16.8 Å². The third kappa shape index (κ3) is 4.17. The van der Waals surface area contributed by atoms with Crippen molar-refractivity contribution in [1.82, 2.24) is 15.3 Å². The average molecular weight is 323 g/mol. The van der Waals surface area contributed by atoms with Gasteiger partial charge in [0.1, 0.15) is 16.2 Å². The molecule has 0 spiro atoms. The maximum Gasteiger partial charge on any atom is 0.230 e. The molecule has 0 aromatic carbocycles. The minimum Gasteiger partial charge on any atom is -0.355 e. The van der Waals surface area contributed by atoms with Crippen LogP contribution in [-0.2, 0) is 4.79 Å². The van der Waals surface area contributed by atoms with Crippen LogP contribution in [0.1, 0.15) is 36.6 Å². The molecule has 2 heterocycles. The van der Waals surface area contributed by atoms with Gasteiger partial charge in [-0.2, -0.15) is 0 Å². The van der Waals surface area contributed by atoms with Crippen molar-refractivity contribution >= 4 is 39.2 Å². The van der Waals surface area contributed by atoms with E-state index in [1.807, 2.05) is 0 Å². The largest absolute Gasteiger partial charge is 0.355 e. The van der Waals surface area contributed by atoms with Gasteiger partial charge in [-0.1, -0.05) is 31.5 Å². The summed E-state index contributed by atoms with van der Waals surface area (Å²) in [4.78, 5) is 22.8. The Bertz CT molecular complexity index is 625. The predicted octanol–water partition coefficient (Wildman–Crippen LogP) is 3.71. The number of nitrogens with zero attached hydrogens (tertiary/aromatic N) is 2. The van der Waals surface area contributed by atoms with Gasteiger partial charge in [0.25, 0.3) is 0 Å². The fourth-order valence-electron chi connectivity index (χ4n) is 2.05. The number of hydrogen-bond donors (Lipinski definition) is 1. The van der Waals surface area contributed by atoms with E-state index < -0.39 is 0 Å². The molecule has 0 unspecified atom stereocenters. The van der Waals surface area contributed by atoms with E-state index in [-0.39, 0.29) is 5.91 Å². The number of unbranched alkanes of at least 4 members (excludes halogenated alkanes) is 2. The third-order valence-corrected chi connectivity index (χ3v) is 5.48. The van der Waals surface area contributed by atoms with Crippen LogP contribution in [-0.4, -0.2) is 28.2 Å². The van der Waals surface area contributed by atoms with Crippen LogP contribution in [0.5, 0.6) is 0 Å². The number of thioether (sulfide) groups is 1. The summed E-state index contributed by atoms with van der Waals surface area (Å²) in [5, 5.41) is 4.96. The van der Waals surface area contributed by atoms with Gasteiger partial charge in [0.15, 0.2) is 0 Å². The minimum atomic E-state index is 0.0764. The zero-order chi connectivity index (χ0) is 15.2. The van der Waals surface area contributed by atoms with Gasteiger partial charge in [0.05, 0.1) is 5.75 Å². The number of hydrogen-bond acceptors (Lipinski definition) is 5. The van der Waals surface area contributed by atoms with Crippen LogP contribution in [0.15, 0.2) is 11.4 Å². The van der Waals surface area contributed by atoms with Crippen LogP contribution in [0.2, 0.25) is 0 Å². The molecule has 0 saturated carbocycles. The van der Waals surface area contributed by atoms with E-state index in [1.54, 1.807) is 17.7 Å². The van der Waals surface area contributed by atoms with Crippen molar-refractivity contribution in [2.24, 2.45) is 0 Å². The first-order valence-corrected chi connectivity index (χ1v) is 9.04. The molecule has 0 radical (unpaired) electrons. The molecule has 21 heavy (non-hydrogen) atoms. The average Bonchev–Trinajstić information content (AvgIpc) is 2.77. The lowest BCUT2D eigenvalue weighted by molar-refractivity contribution is -0.118. The highest BCUT2D eigenvalue weighted by Gasteiger charge is 2.13. The Kier molecular flexibility index (Phi) is 5.99. The van der Waals surface area contributed by atoms with Gasteiger partial charge < -0.3 is 5.32 Å². The molecule has 2 aromatic rings. The van der Waals surface area contributed by atoms with Gasteiger partial charge >= 0.3 is 0 Å². The Balaban J connectivity index is 1.96. The van der Waals surface area contributed by atoms with Gasteiger partial charge in [-0.05, 0) is 25.8 Å². The second-order valence-electron chi connectivity index (χ2n) is 4.99. The molecule has 2 aromatic heterocycles. The van der Waals surface area contributed by atoms with Crippen LogP contribution in [0.25, 0.3) is 10.2 Å². The first kappa shape index (κ1) is 16.2. The highest BCUT2D eigenvalue weighted by atomic mass is 32.2. The Morgan fingerprint density at radius 2 is 2.14 bits per heavy atom. The van der Waals surface area contributed by atoms with Gasteiger partial charge in [-0.25, -0.2) is 9.97 Å². The van der Waals surface area contributed by atoms with E-state index in [0.29, 0.717) is 5.75 Å². The summed E-state index contributed by atoms with van der Waals surface area (Å²) >= 11 is 3.17. The highest BCUT2D eigenvalue weighted by Crippen LogP contribution is 2.34. The molecular formula is C15H21N3OS2. The van der Waals surface area contributed by atoms with Crippen LogP contribution in [0.3, 0.4) is 0 Å². The quantitative estimate of drug-likeness (QED) is 0.479. The highest BCUT2D eigenvalue weighted by molar-refractivity contribution is 8.00. The standard InChI is InChI=1S/C15H21N3OS2/c1-4-5-6-7-16-12(19)8-20-14-13-10(2)11(3)21-15(13)18-9-17-14/h9H,4-8H2,1-3H3,(H,16,19). The number of aryl methyl sites for hydroxylation is 2. The van der Waals surface area contributed by atoms with E-state index in [4.69, 9.17) is 0 Å². The normalized spacial score (nSPS) is 11.0. The molecule has 0 aliphatic heterocycles. The van der Waals surface area contributed by atoms with Crippen LogP contribution in [0.4, 0.5) is 0 Å². The number of carbonyl (C=O) groups is 1. The summed E-state index contributed by atoms with van der Waals surface area (Å²) in [6.45, 7) is 7.11. The molecule has 0 saturated heterocycles. The molecule has 1 N–H and O–H groups in total. The zero-order valence-electron chi connectivity index (χ0n) is 12.7. The number of nitrogens with one attached hydrogen (secondary N) is 1. The SMILES string of the molecule is CCCCCNC(=O)CSc1ncnc2sc(C)c(C)c12. The number of carbonyl (C=O) groups excluding carboxylic acids is 1. The fraction of sp³-hybridized carbons (Fsp3) is 0.533. The molecule has 1 amide bonds. The van der Waals surface area contributed by atoms with Gasteiger partial charge in [-0.15, -0.1) is 11.3 Å². The number of aromatic nitrogens is 2. The predicted molar refractivity (Wildman–Crippen MR) is 90.1 cm³/mol. The van der Waals surface area contributed by atoms with Crippen molar-refractivity contribution < 1.29 is 4.79 Å². The zero-order valence-corrected chi connectivity index (χ0v) is 14.4. The lowest BCUT2D eigenvalue weighted by Gasteiger charge is -2.05. The second-order valence-corrected chi connectivity index (χ2v) is 7.16. The van der Waals surface area contributed by atoms with Gasteiger partial charge in [-0.3, -0.25) is 4.79 Å². The molecule has 0 aliphatic carbocycles. The summed E-state index contributed by atoms with van der Waals surface area (Å²) in [5.41, 5.74) is 1.22. The smallest absolute Gasteiger partial charge is 0.230 e. The molecule has 6 heteroatoms. The summed E-state index contributed by atoms with van der Waals surface area (Å²) < 4.78 is 0. The van der Waals surface area contributed by atoms with E-state index in [1.165, 1.54) is 28.6 Å². The van der Waals surface area contributed by atoms with E-state index in [9.17, 15) is 4.79 Å². The summed E-state index contributed by atoms with van der Waals surface area (Å²) in [5.74, 6) is 0.486. The van der Waals surface area contributed by atoms with Crippen molar-refractivity contribution in [2.75, 3.05) is 12.3 Å². The Hall–Kier alpha value is -1.14. The number of rotatable bonds is 7. The molecule has 4 nitrogen and oxygen atoms in total. The van der Waals surface area contributed by atoms with Crippen molar-refractivity contribution in [1.29, 1.82) is 0 Å². The second kappa shape index (κ2) is 7.75. The Morgan fingerprint density at radius 3 is 2.90 bits per heavy atom. The molecule has 2 rings (SSSR count). The minimum absolute atomic E-state index is 0.0764. The van der Waals surface area contributed by atoms with E-state index >= 15 is 0 Å². The van der Waals surface area contributed by atoms with Crippen molar-refractivity contribution in [2.45, 2.75) is 45.1 Å². The number of thiophene rings is 1. The molecule has 0 fully saturated rings. The number of fused-ring (bicyclic) bond motifs is 1. The Labute approximate surface area is 133 Å². The van der Waals surface area contributed by atoms with Crippen molar-refractivity contribution in [3.8, 4) is 0 Å². The molecule has 0 atom stereocenters. The van der Waals surface area contributed by atoms with Crippen LogP contribution in [0, 0.1) is 13.8 Å². The number of amides is 1. The topological polar surface area (TPSA) is 54.9 Å². The van der Waals surface area contributed by atoms with E-state index in [2.05, 4.69) is 36.1 Å². The third-order valence-electron chi connectivity index (χ3n) is 3.37. The maximum absolute atomic E-state index is 11.8. The molecule has 0 bridgehead atoms. The van der Waals surface area contributed by atoms with Crippen LogP contribution >= 0.6 is 23.1 Å². The van der Waals surface area contributed by atoms with Gasteiger partial charge in [0.2, 0.25) is 5.91 Å². The summed E-state index contributed by atoms with van der Waals surface area (Å²) in [6.07, 6.45) is 4.96. The summed E-state index contributed by atoms with van der Waals surface area (Å²) in [7, 11) is 0. The van der Waals surface area contributed by atoms with Gasteiger partial charge in [0, 0.05) is 16.8 Å². The van der Waals surface area contributed by atoms with Crippen LogP contribution < -0.4 is 5.32 Å². The Morgan fingerprint density at radius 1 is 1.33 bits per heavy atom. The monoisotopic (exact) mass is 323 g/mol. The van der Waals surface area contributed by atoms with Crippen molar-refractivity contribution in [3.63, 3.8) is 0 Å². The lowest BCUT2D eigenvalue weighted by atomic mass is 10.2. The molecule has 114 valence electrons.